The lowest BCUT2D eigenvalue weighted by Gasteiger charge is -2.43. The van der Waals surface area contributed by atoms with Gasteiger partial charge >= 0.3 is 0 Å². The largest absolute Gasteiger partial charge is 0.416 e. The highest BCUT2D eigenvalue weighted by molar-refractivity contribution is 6.77. The van der Waals surface area contributed by atoms with E-state index in [4.69, 9.17) is 4.43 Å². The van der Waals surface area contributed by atoms with E-state index in [0.717, 1.165) is 44.2 Å². The van der Waals surface area contributed by atoms with Crippen LogP contribution < -0.4 is 10.2 Å². The molecule has 5 nitrogen and oxygen atoms in total. The van der Waals surface area contributed by atoms with E-state index < -0.39 is 8.32 Å². The van der Waals surface area contributed by atoms with Gasteiger partial charge in [0.2, 0.25) is 0 Å². The zero-order chi connectivity index (χ0) is 23.3. The summed E-state index contributed by atoms with van der Waals surface area (Å²) in [6.45, 7) is 16.7. The fraction of sp³-hybridized carbons (Fsp3) is 0.615. The summed E-state index contributed by atoms with van der Waals surface area (Å²) in [5, 5.41) is 3.62. The number of hydrogen-bond acceptors (Lipinski definition) is 5. The molecule has 2 heterocycles. The molecule has 2 aromatic rings. The molecule has 1 aromatic heterocycles. The van der Waals surface area contributed by atoms with Crippen molar-refractivity contribution in [1.82, 2.24) is 9.97 Å². The van der Waals surface area contributed by atoms with Crippen LogP contribution in [0.15, 0.2) is 36.7 Å². The average Bonchev–Trinajstić information content (AvgIpc) is 2.96. The van der Waals surface area contributed by atoms with Gasteiger partial charge in [-0.25, -0.2) is 9.97 Å². The monoisotopic (exact) mass is 454 g/mol. The highest BCUT2D eigenvalue weighted by atomic mass is 28.4. The van der Waals surface area contributed by atoms with Gasteiger partial charge in [0, 0.05) is 32.3 Å². The molecule has 176 valence electrons. The van der Waals surface area contributed by atoms with Crippen molar-refractivity contribution in [3.05, 3.63) is 47.8 Å². The van der Waals surface area contributed by atoms with Gasteiger partial charge < -0.3 is 14.6 Å². The van der Waals surface area contributed by atoms with Crippen molar-refractivity contribution in [2.24, 2.45) is 5.92 Å². The van der Waals surface area contributed by atoms with Gasteiger partial charge in [0.1, 0.15) is 18.0 Å². The first kappa shape index (κ1) is 24.7. The van der Waals surface area contributed by atoms with E-state index >= 15 is 0 Å². The number of fused-ring (bicyclic) bond motifs is 1. The summed E-state index contributed by atoms with van der Waals surface area (Å²) in [6, 6.07) is 10.6. The molecule has 1 aliphatic heterocycles. The minimum absolute atomic E-state index is 0.486. The quantitative estimate of drug-likeness (QED) is 0.452. The summed E-state index contributed by atoms with van der Waals surface area (Å²) in [5.74, 6) is 2.50. The molecule has 0 saturated heterocycles. The Kier molecular flexibility index (Phi) is 8.34. The van der Waals surface area contributed by atoms with Crippen molar-refractivity contribution in [2.75, 3.05) is 30.4 Å². The maximum Gasteiger partial charge on any atom is 0.200 e. The Bertz CT molecular complexity index is 834. The first-order chi connectivity index (χ1) is 15.3. The number of nitrogens with one attached hydrogen (secondary N) is 1. The zero-order valence-electron chi connectivity index (χ0n) is 21.1. The van der Waals surface area contributed by atoms with E-state index in [-0.39, 0.29) is 0 Å². The first-order valence-corrected chi connectivity index (χ1v) is 14.4. The predicted molar refractivity (Wildman–Crippen MR) is 138 cm³/mol. The molecule has 0 radical (unpaired) electrons. The van der Waals surface area contributed by atoms with E-state index in [0.29, 0.717) is 22.5 Å². The van der Waals surface area contributed by atoms with Crippen LogP contribution in [0.3, 0.4) is 0 Å². The maximum atomic E-state index is 6.92. The van der Waals surface area contributed by atoms with Gasteiger partial charge in [-0.2, -0.15) is 0 Å². The van der Waals surface area contributed by atoms with Crippen LogP contribution in [0.1, 0.15) is 59.1 Å². The number of hydrogen-bond donors (Lipinski definition) is 1. The van der Waals surface area contributed by atoms with Crippen LogP contribution in [0.5, 0.6) is 0 Å². The van der Waals surface area contributed by atoms with Gasteiger partial charge in [0.25, 0.3) is 0 Å². The van der Waals surface area contributed by atoms with E-state index in [1.54, 1.807) is 6.33 Å². The van der Waals surface area contributed by atoms with Crippen LogP contribution in [-0.4, -0.2) is 38.5 Å². The SMILES string of the molecule is CC(C)[Si](OC[C@H]1CCc2c(ncnc2N(C)Cc2ccccc2)NC1)(C(C)C)C(C)C. The van der Waals surface area contributed by atoms with Gasteiger partial charge in [0.15, 0.2) is 8.32 Å². The van der Waals surface area contributed by atoms with E-state index in [9.17, 15) is 0 Å². The number of benzene rings is 1. The Hall–Kier alpha value is -1.92. The lowest BCUT2D eigenvalue weighted by Crippen LogP contribution is -2.48. The van der Waals surface area contributed by atoms with Crippen LogP contribution in [0.25, 0.3) is 0 Å². The lowest BCUT2D eigenvalue weighted by molar-refractivity contribution is 0.220. The number of aromatic nitrogens is 2. The molecule has 1 N–H and O–H groups in total. The van der Waals surface area contributed by atoms with Crippen molar-refractivity contribution >= 4 is 20.0 Å². The van der Waals surface area contributed by atoms with Gasteiger partial charge in [-0.05, 0) is 40.9 Å². The van der Waals surface area contributed by atoms with Crippen molar-refractivity contribution < 1.29 is 4.43 Å². The molecule has 0 amide bonds. The molecule has 0 saturated carbocycles. The Balaban J connectivity index is 1.70. The normalized spacial score (nSPS) is 16.8. The second kappa shape index (κ2) is 10.8. The Morgan fingerprint density at radius 3 is 2.31 bits per heavy atom. The molecule has 0 spiro atoms. The molecule has 0 bridgehead atoms. The van der Waals surface area contributed by atoms with Gasteiger partial charge in [-0.3, -0.25) is 0 Å². The van der Waals surface area contributed by atoms with Gasteiger partial charge in [-0.1, -0.05) is 71.9 Å². The summed E-state index contributed by atoms with van der Waals surface area (Å²) < 4.78 is 6.92. The summed E-state index contributed by atoms with van der Waals surface area (Å²) in [5.41, 5.74) is 4.36. The molecule has 1 aromatic carbocycles. The Labute approximate surface area is 196 Å². The topological polar surface area (TPSA) is 50.3 Å². The molecule has 0 aliphatic carbocycles. The zero-order valence-corrected chi connectivity index (χ0v) is 22.1. The van der Waals surface area contributed by atoms with E-state index in [2.05, 4.69) is 99.1 Å². The second-order valence-corrected chi connectivity index (χ2v) is 15.7. The number of rotatable bonds is 9. The van der Waals surface area contributed by atoms with Crippen molar-refractivity contribution in [1.29, 1.82) is 0 Å². The van der Waals surface area contributed by atoms with Crippen LogP contribution in [0, 0.1) is 5.92 Å². The van der Waals surface area contributed by atoms with Crippen LogP contribution >= 0.6 is 0 Å². The smallest absolute Gasteiger partial charge is 0.200 e. The van der Waals surface area contributed by atoms with E-state index in [1.165, 1.54) is 11.1 Å². The van der Waals surface area contributed by atoms with Crippen LogP contribution in [0.2, 0.25) is 16.6 Å². The number of anilines is 2. The standard InChI is InChI=1S/C26H42N4OSi/c1-19(2)32(20(3)4,21(5)6)31-17-23-13-14-24-25(27-15-23)28-18-29-26(24)30(7)16-22-11-9-8-10-12-22/h8-12,18-21,23H,13-17H2,1-7H3,(H,27,28,29)/t23-/m0/s1. The summed E-state index contributed by atoms with van der Waals surface area (Å²) in [6.07, 6.45) is 3.76. The fourth-order valence-electron chi connectivity index (χ4n) is 5.64. The molecular weight excluding hydrogens is 412 g/mol. The van der Waals surface area contributed by atoms with Crippen molar-refractivity contribution in [3.63, 3.8) is 0 Å². The fourth-order valence-corrected chi connectivity index (χ4v) is 11.2. The minimum Gasteiger partial charge on any atom is -0.416 e. The van der Waals surface area contributed by atoms with Crippen molar-refractivity contribution in [2.45, 2.75) is 77.6 Å². The first-order valence-electron chi connectivity index (χ1n) is 12.2. The van der Waals surface area contributed by atoms with Gasteiger partial charge in [-0.15, -0.1) is 0 Å². The third-order valence-electron chi connectivity index (χ3n) is 7.18. The number of nitrogens with zero attached hydrogens (tertiary/aromatic N) is 3. The Morgan fingerprint density at radius 2 is 1.69 bits per heavy atom. The molecule has 3 rings (SSSR count). The molecule has 1 aliphatic rings. The van der Waals surface area contributed by atoms with Crippen LogP contribution in [-0.2, 0) is 17.4 Å². The molecule has 32 heavy (non-hydrogen) atoms. The lowest BCUT2D eigenvalue weighted by atomic mass is 10.0. The average molecular weight is 455 g/mol. The predicted octanol–water partition coefficient (Wildman–Crippen LogP) is 6.28. The van der Waals surface area contributed by atoms with Gasteiger partial charge in [0.05, 0.1) is 0 Å². The molecule has 0 fully saturated rings. The highest BCUT2D eigenvalue weighted by Crippen LogP contribution is 2.42. The van der Waals surface area contributed by atoms with E-state index in [1.807, 2.05) is 0 Å². The molecule has 0 unspecified atom stereocenters. The summed E-state index contributed by atoms with van der Waals surface area (Å²) >= 11 is 0. The minimum atomic E-state index is -1.84. The summed E-state index contributed by atoms with van der Waals surface area (Å²) in [4.78, 5) is 11.5. The molecule has 6 heteroatoms. The highest BCUT2D eigenvalue weighted by Gasteiger charge is 2.45. The third kappa shape index (κ3) is 5.34. The Morgan fingerprint density at radius 1 is 1.03 bits per heavy atom. The third-order valence-corrected chi connectivity index (χ3v) is 13.3. The molecule has 1 atom stereocenters. The molecular formula is C26H42N4OSi. The second-order valence-electron chi connectivity index (χ2n) is 10.3. The summed E-state index contributed by atoms with van der Waals surface area (Å²) in [7, 11) is 0.276. The maximum absolute atomic E-state index is 6.92. The van der Waals surface area contributed by atoms with Crippen molar-refractivity contribution in [3.8, 4) is 0 Å². The van der Waals surface area contributed by atoms with Crippen LogP contribution in [0.4, 0.5) is 11.6 Å².